The van der Waals surface area contributed by atoms with E-state index in [0.29, 0.717) is 6.42 Å². The summed E-state index contributed by atoms with van der Waals surface area (Å²) in [5.41, 5.74) is 0.910. The number of amides is 2. The van der Waals surface area contributed by atoms with Crippen molar-refractivity contribution in [3.8, 4) is 6.07 Å². The Bertz CT molecular complexity index is 619. The Labute approximate surface area is 148 Å². The van der Waals surface area contributed by atoms with E-state index in [2.05, 4.69) is 17.6 Å². The SMILES string of the molecule is CC1(CC(NC(=O)OCc2ccccc2)C(=O)NCC#N)CCCC1. The van der Waals surface area contributed by atoms with Crippen LogP contribution in [0, 0.1) is 16.7 Å². The van der Waals surface area contributed by atoms with Gasteiger partial charge in [-0.05, 0) is 30.2 Å². The third kappa shape index (κ3) is 6.11. The fourth-order valence-corrected chi connectivity index (χ4v) is 3.29. The molecular weight excluding hydrogens is 318 g/mol. The summed E-state index contributed by atoms with van der Waals surface area (Å²) >= 11 is 0. The van der Waals surface area contributed by atoms with Gasteiger partial charge >= 0.3 is 6.09 Å². The predicted molar refractivity (Wildman–Crippen MR) is 93.4 cm³/mol. The first-order chi connectivity index (χ1) is 12.0. The van der Waals surface area contributed by atoms with Gasteiger partial charge in [-0.25, -0.2) is 4.79 Å². The molecule has 1 aromatic rings. The van der Waals surface area contributed by atoms with Crippen LogP contribution in [0.4, 0.5) is 4.79 Å². The average molecular weight is 343 g/mol. The summed E-state index contributed by atoms with van der Waals surface area (Å²) in [7, 11) is 0. The maximum atomic E-state index is 12.3. The highest BCUT2D eigenvalue weighted by Gasteiger charge is 2.35. The van der Waals surface area contributed by atoms with Crippen molar-refractivity contribution in [2.75, 3.05) is 6.54 Å². The minimum absolute atomic E-state index is 0.0291. The van der Waals surface area contributed by atoms with Gasteiger partial charge in [-0.3, -0.25) is 4.79 Å². The molecule has 1 aromatic carbocycles. The molecule has 0 saturated heterocycles. The van der Waals surface area contributed by atoms with Crippen molar-refractivity contribution in [1.82, 2.24) is 10.6 Å². The minimum Gasteiger partial charge on any atom is -0.445 e. The highest BCUT2D eigenvalue weighted by molar-refractivity contribution is 5.85. The smallest absolute Gasteiger partial charge is 0.408 e. The highest BCUT2D eigenvalue weighted by Crippen LogP contribution is 2.41. The third-order valence-corrected chi connectivity index (χ3v) is 4.67. The van der Waals surface area contributed by atoms with Crippen LogP contribution >= 0.6 is 0 Å². The summed E-state index contributed by atoms with van der Waals surface area (Å²) in [6.07, 6.45) is 4.28. The molecule has 2 rings (SSSR count). The van der Waals surface area contributed by atoms with Gasteiger partial charge in [0.25, 0.3) is 0 Å². The summed E-state index contributed by atoms with van der Waals surface area (Å²) in [6.45, 7) is 2.21. The summed E-state index contributed by atoms with van der Waals surface area (Å²) in [5.74, 6) is -0.341. The Morgan fingerprint density at radius 1 is 1.28 bits per heavy atom. The van der Waals surface area contributed by atoms with Crippen molar-refractivity contribution in [2.45, 2.75) is 51.7 Å². The Morgan fingerprint density at radius 2 is 1.96 bits per heavy atom. The van der Waals surface area contributed by atoms with E-state index in [1.54, 1.807) is 0 Å². The minimum atomic E-state index is -0.695. The molecule has 1 saturated carbocycles. The van der Waals surface area contributed by atoms with Crippen LogP contribution in [0.2, 0.25) is 0 Å². The van der Waals surface area contributed by atoms with Gasteiger partial charge in [0, 0.05) is 0 Å². The summed E-state index contributed by atoms with van der Waals surface area (Å²) < 4.78 is 5.22. The van der Waals surface area contributed by atoms with E-state index in [-0.39, 0.29) is 24.5 Å². The molecule has 0 spiro atoms. The number of ether oxygens (including phenoxy) is 1. The molecule has 25 heavy (non-hydrogen) atoms. The molecule has 2 amide bonds. The van der Waals surface area contributed by atoms with E-state index in [0.717, 1.165) is 31.2 Å². The van der Waals surface area contributed by atoms with Crippen LogP contribution in [0.25, 0.3) is 0 Å². The predicted octanol–water partition coefficient (Wildman–Crippen LogP) is 2.89. The van der Waals surface area contributed by atoms with Crippen molar-refractivity contribution in [3.63, 3.8) is 0 Å². The zero-order valence-electron chi connectivity index (χ0n) is 14.6. The lowest BCUT2D eigenvalue weighted by Gasteiger charge is -2.28. The normalized spacial score (nSPS) is 16.5. The van der Waals surface area contributed by atoms with E-state index in [9.17, 15) is 9.59 Å². The summed E-state index contributed by atoms with van der Waals surface area (Å²) in [5, 5.41) is 13.8. The van der Waals surface area contributed by atoms with Crippen molar-refractivity contribution < 1.29 is 14.3 Å². The van der Waals surface area contributed by atoms with Crippen LogP contribution in [0.3, 0.4) is 0 Å². The molecule has 1 unspecified atom stereocenters. The van der Waals surface area contributed by atoms with Crippen LogP contribution in [-0.4, -0.2) is 24.6 Å². The number of benzene rings is 1. The highest BCUT2D eigenvalue weighted by atomic mass is 16.5. The van der Waals surface area contributed by atoms with Gasteiger partial charge in [-0.15, -0.1) is 0 Å². The fraction of sp³-hybridized carbons (Fsp3) is 0.526. The van der Waals surface area contributed by atoms with E-state index in [1.807, 2.05) is 36.4 Å². The number of rotatable bonds is 7. The largest absolute Gasteiger partial charge is 0.445 e. The molecule has 0 aromatic heterocycles. The van der Waals surface area contributed by atoms with E-state index >= 15 is 0 Å². The van der Waals surface area contributed by atoms with Crippen LogP contribution in [0.5, 0.6) is 0 Å². The Hall–Kier alpha value is -2.55. The van der Waals surface area contributed by atoms with Crippen molar-refractivity contribution in [2.24, 2.45) is 5.41 Å². The van der Waals surface area contributed by atoms with Crippen LogP contribution in [0.15, 0.2) is 30.3 Å². The number of hydrogen-bond donors (Lipinski definition) is 2. The van der Waals surface area contributed by atoms with Crippen LogP contribution in [0.1, 0.15) is 44.6 Å². The number of nitrogens with zero attached hydrogens (tertiary/aromatic N) is 1. The van der Waals surface area contributed by atoms with E-state index in [1.165, 1.54) is 0 Å². The third-order valence-electron chi connectivity index (χ3n) is 4.67. The number of hydrogen-bond acceptors (Lipinski definition) is 4. The molecule has 0 radical (unpaired) electrons. The number of nitrogens with one attached hydrogen (secondary N) is 2. The standard InChI is InChI=1S/C19H25N3O3/c1-19(9-5-6-10-19)13-16(17(23)21-12-11-20)22-18(24)25-14-15-7-3-2-4-8-15/h2-4,7-8,16H,5-6,9-10,12-14H2,1H3,(H,21,23)(H,22,24). The molecule has 2 N–H and O–H groups in total. The maximum Gasteiger partial charge on any atom is 0.408 e. The quantitative estimate of drug-likeness (QED) is 0.745. The Balaban J connectivity index is 1.93. The Morgan fingerprint density at radius 3 is 2.60 bits per heavy atom. The van der Waals surface area contributed by atoms with Gasteiger partial charge in [-0.1, -0.05) is 50.1 Å². The van der Waals surface area contributed by atoms with Gasteiger partial charge in [-0.2, -0.15) is 5.26 Å². The van der Waals surface area contributed by atoms with Crippen LogP contribution in [-0.2, 0) is 16.1 Å². The van der Waals surface area contributed by atoms with E-state index in [4.69, 9.17) is 10.00 Å². The van der Waals surface area contributed by atoms with Crippen molar-refractivity contribution in [1.29, 1.82) is 5.26 Å². The Kier molecular flexibility index (Phi) is 6.81. The van der Waals surface area contributed by atoms with Gasteiger partial charge in [0.2, 0.25) is 5.91 Å². The molecule has 6 heteroatoms. The average Bonchev–Trinajstić information content (AvgIpc) is 3.04. The lowest BCUT2D eigenvalue weighted by molar-refractivity contribution is -0.123. The molecule has 0 bridgehead atoms. The molecule has 0 heterocycles. The van der Waals surface area contributed by atoms with Gasteiger partial charge in [0.15, 0.2) is 0 Å². The summed E-state index contributed by atoms with van der Waals surface area (Å²) in [6, 6.07) is 10.5. The van der Waals surface area contributed by atoms with Gasteiger partial charge in [0.05, 0.1) is 6.07 Å². The zero-order valence-corrected chi connectivity index (χ0v) is 14.6. The molecule has 1 aliphatic rings. The molecular formula is C19H25N3O3. The van der Waals surface area contributed by atoms with Gasteiger partial charge < -0.3 is 15.4 Å². The topological polar surface area (TPSA) is 91.2 Å². The van der Waals surface area contributed by atoms with Crippen molar-refractivity contribution >= 4 is 12.0 Å². The summed E-state index contributed by atoms with van der Waals surface area (Å²) in [4.78, 5) is 24.4. The molecule has 1 aliphatic carbocycles. The second kappa shape index (κ2) is 9.07. The van der Waals surface area contributed by atoms with Crippen molar-refractivity contribution in [3.05, 3.63) is 35.9 Å². The zero-order chi connectivity index (χ0) is 18.1. The second-order valence-electron chi connectivity index (χ2n) is 6.86. The lowest BCUT2D eigenvalue weighted by Crippen LogP contribution is -2.49. The first kappa shape index (κ1) is 18.8. The lowest BCUT2D eigenvalue weighted by atomic mass is 9.82. The first-order valence-corrected chi connectivity index (χ1v) is 8.64. The van der Waals surface area contributed by atoms with E-state index < -0.39 is 12.1 Å². The first-order valence-electron chi connectivity index (χ1n) is 8.64. The number of carbonyl (C=O) groups is 2. The maximum absolute atomic E-state index is 12.3. The molecule has 1 atom stereocenters. The number of carbonyl (C=O) groups excluding carboxylic acids is 2. The molecule has 134 valence electrons. The monoisotopic (exact) mass is 343 g/mol. The molecule has 1 fully saturated rings. The molecule has 6 nitrogen and oxygen atoms in total. The van der Waals surface area contributed by atoms with Gasteiger partial charge in [0.1, 0.15) is 19.2 Å². The van der Waals surface area contributed by atoms with Crippen LogP contribution < -0.4 is 10.6 Å². The molecule has 0 aliphatic heterocycles. The second-order valence-corrected chi connectivity index (χ2v) is 6.86. The number of nitriles is 1. The fourth-order valence-electron chi connectivity index (χ4n) is 3.29. The number of alkyl carbamates (subject to hydrolysis) is 1.